The Hall–Kier alpha value is -0.920. The van der Waals surface area contributed by atoms with Gasteiger partial charge < -0.3 is 0 Å². The molecule has 0 unspecified atom stereocenters. The largest absolute Gasteiger partial charge is 0.254 e. The molecule has 2 nitrogen and oxygen atoms in total. The zero-order valence-corrected chi connectivity index (χ0v) is 12.3. The summed E-state index contributed by atoms with van der Waals surface area (Å²) in [5.74, 6) is 0. The van der Waals surface area contributed by atoms with Crippen molar-refractivity contribution < 1.29 is 0 Å². The van der Waals surface area contributed by atoms with E-state index in [1.807, 2.05) is 41.5 Å². The van der Waals surface area contributed by atoms with Gasteiger partial charge >= 0.3 is 0 Å². The van der Waals surface area contributed by atoms with Crippen molar-refractivity contribution >= 4 is 0 Å². The van der Waals surface area contributed by atoms with Crippen LogP contribution in [0.15, 0.2) is 0 Å². The summed E-state index contributed by atoms with van der Waals surface area (Å²) in [6, 6.07) is 0. The summed E-state index contributed by atoms with van der Waals surface area (Å²) < 4.78 is 0. The Bertz CT molecular complexity index is 251. The van der Waals surface area contributed by atoms with Crippen LogP contribution in [0.5, 0.6) is 0 Å². The van der Waals surface area contributed by atoms with Gasteiger partial charge in [-0.1, -0.05) is 41.5 Å². The molecule has 0 aromatic carbocycles. The summed E-state index contributed by atoms with van der Waals surface area (Å²) in [6.07, 6.45) is 1.97. The molecule has 0 atom stereocenters. The first kappa shape index (κ1) is 17.5. The quantitative estimate of drug-likeness (QED) is 0.749. The van der Waals surface area contributed by atoms with E-state index in [2.05, 4.69) is 23.8 Å². The van der Waals surface area contributed by atoms with Gasteiger partial charge in [0.15, 0.2) is 0 Å². The molecule has 16 heavy (non-hydrogen) atoms. The van der Waals surface area contributed by atoms with Gasteiger partial charge in [-0.05, 0) is 26.7 Å². The third kappa shape index (κ3) is 5.24. The molecular weight excluding hydrogens is 196 g/mol. The van der Waals surface area contributed by atoms with E-state index in [1.165, 1.54) is 0 Å². The third-order valence-electron chi connectivity index (χ3n) is 2.13. The highest BCUT2D eigenvalue weighted by atomic mass is 14.8. The summed E-state index contributed by atoms with van der Waals surface area (Å²) in [6.45, 7) is 16.3. The summed E-state index contributed by atoms with van der Waals surface area (Å²) in [7, 11) is 0. The summed E-state index contributed by atoms with van der Waals surface area (Å²) >= 11 is 0. The molecule has 0 spiro atoms. The van der Waals surface area contributed by atoms with E-state index >= 15 is 0 Å². The van der Waals surface area contributed by atoms with Crippen LogP contribution in [-0.2, 0) is 12.8 Å². The fourth-order valence-corrected chi connectivity index (χ4v) is 1.26. The van der Waals surface area contributed by atoms with Crippen LogP contribution in [-0.4, -0.2) is 9.97 Å². The average Bonchev–Trinajstić information content (AvgIpc) is 2.37. The molecule has 0 aliphatic heterocycles. The van der Waals surface area contributed by atoms with Crippen molar-refractivity contribution in [2.45, 2.75) is 68.2 Å². The number of hydrogen-bond donors (Lipinski definition) is 0. The minimum atomic E-state index is 0.983. The van der Waals surface area contributed by atoms with E-state index in [0.29, 0.717) is 0 Å². The van der Waals surface area contributed by atoms with Gasteiger partial charge in [0, 0.05) is 0 Å². The fourth-order valence-electron chi connectivity index (χ4n) is 1.26. The Morgan fingerprint density at radius 3 is 1.12 bits per heavy atom. The first-order valence-corrected chi connectivity index (χ1v) is 6.52. The second-order valence-electron chi connectivity index (χ2n) is 2.99. The van der Waals surface area contributed by atoms with Gasteiger partial charge in [0.1, 0.15) is 0 Å². The predicted molar refractivity (Wildman–Crippen MR) is 73.0 cm³/mol. The van der Waals surface area contributed by atoms with Gasteiger partial charge in [-0.3, -0.25) is 9.97 Å². The first-order chi connectivity index (χ1) is 7.69. The van der Waals surface area contributed by atoms with Crippen LogP contribution in [0.4, 0.5) is 0 Å². The maximum Gasteiger partial charge on any atom is 0.0619 e. The fraction of sp³-hybridized carbons (Fsp3) is 0.714. The van der Waals surface area contributed by atoms with E-state index in [-0.39, 0.29) is 0 Å². The van der Waals surface area contributed by atoms with E-state index in [1.54, 1.807) is 0 Å². The Kier molecular flexibility index (Phi) is 11.6. The van der Waals surface area contributed by atoms with Crippen molar-refractivity contribution in [2.24, 2.45) is 0 Å². The summed E-state index contributed by atoms with van der Waals surface area (Å²) in [5.41, 5.74) is 4.43. The van der Waals surface area contributed by atoms with Gasteiger partial charge in [-0.2, -0.15) is 0 Å². The Balaban J connectivity index is 0. The SMILES string of the molecule is CC.CC.CCc1nc(C)c(C)nc1CC. The molecule has 0 aliphatic carbocycles. The number of aryl methyl sites for hydroxylation is 4. The molecule has 0 N–H and O–H groups in total. The predicted octanol–water partition coefficient (Wildman–Crippen LogP) is 4.27. The Labute approximate surface area is 102 Å². The maximum atomic E-state index is 4.50. The minimum absolute atomic E-state index is 0.983. The zero-order valence-electron chi connectivity index (χ0n) is 12.3. The molecule has 0 amide bonds. The smallest absolute Gasteiger partial charge is 0.0619 e. The average molecular weight is 224 g/mol. The molecule has 1 rings (SSSR count). The van der Waals surface area contributed by atoms with Crippen molar-refractivity contribution in [1.82, 2.24) is 9.97 Å². The molecule has 94 valence electrons. The molecule has 2 heteroatoms. The second-order valence-corrected chi connectivity index (χ2v) is 2.99. The molecule has 1 heterocycles. The zero-order chi connectivity index (χ0) is 13.1. The van der Waals surface area contributed by atoms with Crippen LogP contribution < -0.4 is 0 Å². The number of aromatic nitrogens is 2. The van der Waals surface area contributed by atoms with Crippen LogP contribution in [0.1, 0.15) is 64.3 Å². The molecule has 0 saturated heterocycles. The number of rotatable bonds is 2. The van der Waals surface area contributed by atoms with Crippen LogP contribution in [0, 0.1) is 13.8 Å². The lowest BCUT2D eigenvalue weighted by Gasteiger charge is -2.06. The Morgan fingerprint density at radius 1 is 0.688 bits per heavy atom. The summed E-state index contributed by atoms with van der Waals surface area (Å²) in [4.78, 5) is 9.00. The van der Waals surface area contributed by atoms with Gasteiger partial charge in [0.2, 0.25) is 0 Å². The van der Waals surface area contributed by atoms with E-state index in [9.17, 15) is 0 Å². The monoisotopic (exact) mass is 224 g/mol. The second kappa shape index (κ2) is 10.6. The van der Waals surface area contributed by atoms with Crippen molar-refractivity contribution in [3.8, 4) is 0 Å². The van der Waals surface area contributed by atoms with Crippen molar-refractivity contribution in [3.05, 3.63) is 22.8 Å². The number of nitrogens with zero attached hydrogens (tertiary/aromatic N) is 2. The van der Waals surface area contributed by atoms with Crippen LogP contribution in [0.3, 0.4) is 0 Å². The van der Waals surface area contributed by atoms with Gasteiger partial charge in [0.25, 0.3) is 0 Å². The van der Waals surface area contributed by atoms with Crippen LogP contribution in [0.2, 0.25) is 0 Å². The molecule has 1 aromatic rings. The highest BCUT2D eigenvalue weighted by Crippen LogP contribution is 2.08. The lowest BCUT2D eigenvalue weighted by molar-refractivity contribution is 0.863. The van der Waals surface area contributed by atoms with Gasteiger partial charge in [-0.15, -0.1) is 0 Å². The molecule has 0 radical (unpaired) electrons. The van der Waals surface area contributed by atoms with Crippen molar-refractivity contribution in [3.63, 3.8) is 0 Å². The highest BCUT2D eigenvalue weighted by Gasteiger charge is 2.04. The van der Waals surface area contributed by atoms with E-state index in [4.69, 9.17) is 0 Å². The van der Waals surface area contributed by atoms with Crippen molar-refractivity contribution in [2.75, 3.05) is 0 Å². The maximum absolute atomic E-state index is 4.50. The molecule has 0 fully saturated rings. The topological polar surface area (TPSA) is 25.8 Å². The molecular formula is C14H28N2. The van der Waals surface area contributed by atoms with Crippen LogP contribution in [0.25, 0.3) is 0 Å². The molecule has 0 saturated carbocycles. The molecule has 0 bridgehead atoms. The standard InChI is InChI=1S/C10H16N2.2C2H6/c1-5-9-10(6-2)12-8(4)7(3)11-9;2*1-2/h5-6H2,1-4H3;2*1-2H3. The lowest BCUT2D eigenvalue weighted by atomic mass is 10.2. The van der Waals surface area contributed by atoms with Gasteiger partial charge in [0.05, 0.1) is 22.8 Å². The number of hydrogen-bond acceptors (Lipinski definition) is 2. The normalized spacial score (nSPS) is 8.50. The van der Waals surface area contributed by atoms with E-state index in [0.717, 1.165) is 35.6 Å². The van der Waals surface area contributed by atoms with Crippen LogP contribution >= 0.6 is 0 Å². The molecule has 0 aliphatic rings. The van der Waals surface area contributed by atoms with E-state index < -0.39 is 0 Å². The Morgan fingerprint density at radius 2 is 0.938 bits per heavy atom. The van der Waals surface area contributed by atoms with Crippen molar-refractivity contribution in [1.29, 1.82) is 0 Å². The molecule has 1 aromatic heterocycles. The first-order valence-electron chi connectivity index (χ1n) is 6.52. The minimum Gasteiger partial charge on any atom is -0.254 e. The van der Waals surface area contributed by atoms with Gasteiger partial charge in [-0.25, -0.2) is 0 Å². The summed E-state index contributed by atoms with van der Waals surface area (Å²) in [5, 5.41) is 0. The lowest BCUT2D eigenvalue weighted by Crippen LogP contribution is -2.03. The highest BCUT2D eigenvalue weighted by molar-refractivity contribution is 5.18. The third-order valence-corrected chi connectivity index (χ3v) is 2.13.